The smallest absolute Gasteiger partial charge is 0.224 e. The minimum absolute atomic E-state index is 0.107. The number of ether oxygens (including phenoxy) is 1. The van der Waals surface area contributed by atoms with E-state index in [2.05, 4.69) is 27.1 Å². The van der Waals surface area contributed by atoms with Crippen molar-refractivity contribution in [1.29, 1.82) is 0 Å². The van der Waals surface area contributed by atoms with Crippen LogP contribution in [0.15, 0.2) is 24.4 Å². The lowest BCUT2D eigenvalue weighted by atomic mass is 10.3. The van der Waals surface area contributed by atoms with Crippen molar-refractivity contribution in [1.82, 2.24) is 14.9 Å². The second kappa shape index (κ2) is 8.24. The Morgan fingerprint density at radius 2 is 2.04 bits per heavy atom. The van der Waals surface area contributed by atoms with Crippen LogP contribution in [-0.4, -0.2) is 58.8 Å². The molecule has 2 aromatic rings. The third-order valence-electron chi connectivity index (χ3n) is 4.65. The molecule has 2 heterocycles. The van der Waals surface area contributed by atoms with Crippen LogP contribution < -0.4 is 15.4 Å². The zero-order valence-electron chi connectivity index (χ0n) is 14.7. The Labute approximate surface area is 163 Å². The molecule has 0 spiro atoms. The summed E-state index contributed by atoms with van der Waals surface area (Å²) in [4.78, 5) is 21.5. The van der Waals surface area contributed by atoms with Crippen molar-refractivity contribution in [2.75, 3.05) is 44.4 Å². The lowest BCUT2D eigenvalue weighted by Crippen LogP contribution is -2.39. The molecule has 0 radical (unpaired) electrons. The fraction of sp³-hybridized carbons (Fsp3) is 0.412. The summed E-state index contributed by atoms with van der Waals surface area (Å²) in [6, 6.07) is 5.75. The van der Waals surface area contributed by atoms with Gasteiger partial charge in [0.25, 0.3) is 0 Å². The average molecular weight is 416 g/mol. The summed E-state index contributed by atoms with van der Waals surface area (Å²) >= 11 is 12.0. The first-order valence-corrected chi connectivity index (χ1v) is 11.3. The number of methoxy groups -OCH3 is 1. The summed E-state index contributed by atoms with van der Waals surface area (Å²) in [7, 11) is -0.550. The Morgan fingerprint density at radius 1 is 1.31 bits per heavy atom. The molecule has 0 amide bonds. The zero-order valence-corrected chi connectivity index (χ0v) is 17.2. The highest BCUT2D eigenvalue weighted by Gasteiger charge is 2.42. The molecule has 1 aliphatic rings. The Morgan fingerprint density at radius 3 is 2.69 bits per heavy atom. The maximum absolute atomic E-state index is 11.2. The third-order valence-corrected chi connectivity index (χ3v) is 8.23. The van der Waals surface area contributed by atoms with E-state index in [9.17, 15) is 4.89 Å². The largest absolute Gasteiger partial charge is 0.494 e. The Balaban J connectivity index is 1.85. The molecule has 0 bridgehead atoms. The van der Waals surface area contributed by atoms with Gasteiger partial charge >= 0.3 is 0 Å². The molecule has 1 saturated heterocycles. The van der Waals surface area contributed by atoms with E-state index in [4.69, 9.17) is 27.9 Å². The van der Waals surface area contributed by atoms with Gasteiger partial charge in [-0.05, 0) is 30.3 Å². The average Bonchev–Trinajstić information content (AvgIpc) is 2.65. The minimum Gasteiger partial charge on any atom is -0.494 e. The van der Waals surface area contributed by atoms with Gasteiger partial charge in [-0.2, -0.15) is 4.98 Å². The number of halogens is 2. The van der Waals surface area contributed by atoms with Gasteiger partial charge in [-0.25, -0.2) is 9.88 Å². The van der Waals surface area contributed by atoms with Gasteiger partial charge in [0.05, 0.1) is 19.0 Å². The Kier molecular flexibility index (Phi) is 6.21. The predicted octanol–water partition coefficient (Wildman–Crippen LogP) is 3.42. The lowest BCUT2D eigenvalue weighted by molar-refractivity contribution is 0.308. The van der Waals surface area contributed by atoms with Crippen LogP contribution >= 0.6 is 30.7 Å². The van der Waals surface area contributed by atoms with E-state index in [1.165, 1.54) is 6.20 Å². The first-order valence-electron chi connectivity index (χ1n) is 8.41. The monoisotopic (exact) mass is 415 g/mol. The fourth-order valence-corrected chi connectivity index (χ4v) is 5.96. The van der Waals surface area contributed by atoms with E-state index in [0.717, 1.165) is 37.3 Å². The molecule has 0 aliphatic carbocycles. The molecule has 26 heavy (non-hydrogen) atoms. The quantitative estimate of drug-likeness (QED) is 0.575. The van der Waals surface area contributed by atoms with E-state index in [-0.39, 0.29) is 5.28 Å². The number of aromatic nitrogens is 2. The molecule has 1 fully saturated rings. The van der Waals surface area contributed by atoms with Gasteiger partial charge < -0.3 is 10.1 Å². The number of anilines is 2. The Hall–Kier alpha value is -1.17. The second-order valence-corrected chi connectivity index (χ2v) is 10.2. The highest BCUT2D eigenvalue weighted by atomic mass is 35.5. The highest BCUT2D eigenvalue weighted by Crippen LogP contribution is 2.55. The van der Waals surface area contributed by atoms with Gasteiger partial charge in [0, 0.05) is 19.2 Å². The maximum Gasteiger partial charge on any atom is 0.224 e. The van der Waals surface area contributed by atoms with Crippen LogP contribution in [-0.2, 0) is 0 Å². The molecule has 3 rings (SSSR count). The number of hydrogen-bond donors (Lipinski definition) is 2. The van der Waals surface area contributed by atoms with Crippen molar-refractivity contribution < 1.29 is 9.63 Å². The van der Waals surface area contributed by atoms with Crippen LogP contribution in [0.3, 0.4) is 0 Å². The standard InChI is InChI=1S/C17H22Cl2N4O2P/c1-3-23-6-8-26(24,9-7-23)12-4-5-14(15(10-12)25-2)21-16-13(18)11-20-17(19)22-16/h4-5,10-11,24H,3,6-9H2,1-2H3,(H,20,21,22)/q+1. The molecule has 0 unspecified atom stereocenters. The van der Waals surface area contributed by atoms with E-state index >= 15 is 0 Å². The SMILES string of the molecule is CCN1CC[P+](O)(c2ccc(Nc3nc(Cl)ncc3Cl)c(OC)c2)CC1. The first-order chi connectivity index (χ1) is 12.4. The van der Waals surface area contributed by atoms with Gasteiger partial charge in [-0.1, -0.05) is 18.5 Å². The topological polar surface area (TPSA) is 70.5 Å². The van der Waals surface area contributed by atoms with Crippen LogP contribution in [0.1, 0.15) is 6.92 Å². The van der Waals surface area contributed by atoms with E-state index < -0.39 is 7.49 Å². The molecule has 2 N–H and O–H groups in total. The van der Waals surface area contributed by atoms with Crippen LogP contribution in [0.5, 0.6) is 5.75 Å². The molecule has 1 aliphatic heterocycles. The molecule has 9 heteroatoms. The number of nitrogens with one attached hydrogen (secondary N) is 1. The van der Waals surface area contributed by atoms with Crippen LogP contribution in [0, 0.1) is 0 Å². The molecule has 0 saturated carbocycles. The van der Waals surface area contributed by atoms with Gasteiger partial charge in [0.1, 0.15) is 28.4 Å². The van der Waals surface area contributed by atoms with E-state index in [1.807, 2.05) is 18.2 Å². The lowest BCUT2D eigenvalue weighted by Gasteiger charge is -2.31. The zero-order chi connectivity index (χ0) is 18.7. The number of hydrogen-bond acceptors (Lipinski definition) is 6. The van der Waals surface area contributed by atoms with Crippen molar-refractivity contribution in [2.24, 2.45) is 0 Å². The van der Waals surface area contributed by atoms with E-state index in [0.29, 0.717) is 22.3 Å². The van der Waals surface area contributed by atoms with Crippen LogP contribution in [0.4, 0.5) is 11.5 Å². The molecule has 6 nitrogen and oxygen atoms in total. The summed E-state index contributed by atoms with van der Waals surface area (Å²) in [6.45, 7) is 5.03. The third kappa shape index (κ3) is 4.21. The minimum atomic E-state index is -2.15. The molecule has 140 valence electrons. The van der Waals surface area contributed by atoms with Gasteiger partial charge in [0.15, 0.2) is 13.3 Å². The molecule has 1 aromatic heterocycles. The van der Waals surface area contributed by atoms with Crippen molar-refractivity contribution >= 4 is 47.5 Å². The molecule has 0 atom stereocenters. The predicted molar refractivity (Wildman–Crippen MR) is 109 cm³/mol. The van der Waals surface area contributed by atoms with Gasteiger partial charge in [-0.15, -0.1) is 0 Å². The molecular weight excluding hydrogens is 394 g/mol. The molecule has 1 aromatic carbocycles. The van der Waals surface area contributed by atoms with Crippen molar-refractivity contribution in [2.45, 2.75) is 6.92 Å². The number of benzene rings is 1. The molecular formula is C17H22Cl2N4O2P+. The normalized spacial score (nSPS) is 17.1. The summed E-state index contributed by atoms with van der Waals surface area (Å²) < 4.78 is 5.52. The van der Waals surface area contributed by atoms with Gasteiger partial charge in [-0.3, -0.25) is 4.90 Å². The summed E-state index contributed by atoms with van der Waals surface area (Å²) in [5.41, 5.74) is 0.701. The summed E-state index contributed by atoms with van der Waals surface area (Å²) in [5, 5.41) is 4.55. The maximum atomic E-state index is 11.2. The van der Waals surface area contributed by atoms with Gasteiger partial charge in [0.2, 0.25) is 5.28 Å². The second-order valence-electron chi connectivity index (χ2n) is 6.15. The van der Waals surface area contributed by atoms with Crippen molar-refractivity contribution in [3.05, 3.63) is 34.7 Å². The number of rotatable bonds is 5. The van der Waals surface area contributed by atoms with Crippen LogP contribution in [0.25, 0.3) is 0 Å². The highest BCUT2D eigenvalue weighted by molar-refractivity contribution is 7.77. The van der Waals surface area contributed by atoms with Crippen LogP contribution in [0.2, 0.25) is 10.3 Å². The van der Waals surface area contributed by atoms with E-state index in [1.54, 1.807) is 7.11 Å². The first kappa shape index (κ1) is 19.6. The number of nitrogens with zero attached hydrogens (tertiary/aromatic N) is 3. The summed E-state index contributed by atoms with van der Waals surface area (Å²) in [6.07, 6.45) is 3.06. The summed E-state index contributed by atoms with van der Waals surface area (Å²) in [5.74, 6) is 1.03. The van der Waals surface area contributed by atoms with Crippen molar-refractivity contribution in [3.63, 3.8) is 0 Å². The fourth-order valence-electron chi connectivity index (χ4n) is 3.01. The Bertz CT molecular complexity index is 785. The van der Waals surface area contributed by atoms with Crippen molar-refractivity contribution in [3.8, 4) is 5.75 Å².